The van der Waals surface area contributed by atoms with Crippen LogP contribution >= 0.6 is 12.4 Å². The number of amides is 1. The molecule has 24 heavy (non-hydrogen) atoms. The zero-order valence-electron chi connectivity index (χ0n) is 13.6. The molecule has 132 valence electrons. The third-order valence-corrected chi connectivity index (χ3v) is 2.84. The van der Waals surface area contributed by atoms with Gasteiger partial charge < -0.3 is 24.6 Å². The molecular weight excluding hydrogens is 336 g/mol. The van der Waals surface area contributed by atoms with Gasteiger partial charge in [0.1, 0.15) is 5.75 Å². The second-order valence-corrected chi connectivity index (χ2v) is 4.76. The molecule has 0 saturated carbocycles. The molecule has 0 radical (unpaired) electrons. The number of benzene rings is 1. The molecule has 0 aliphatic heterocycles. The topological polar surface area (TPSA) is 98.5 Å². The number of aryl methyl sites for hydroxylation is 1. The second kappa shape index (κ2) is 10.6. The van der Waals surface area contributed by atoms with Crippen molar-refractivity contribution in [3.63, 3.8) is 0 Å². The molecule has 1 heterocycles. The lowest BCUT2D eigenvalue weighted by Crippen LogP contribution is -2.30. The molecule has 0 atom stereocenters. The predicted octanol–water partition coefficient (Wildman–Crippen LogP) is 1.55. The maximum Gasteiger partial charge on any atom is 0.238 e. The van der Waals surface area contributed by atoms with Gasteiger partial charge in [0.05, 0.1) is 13.2 Å². The Balaban J connectivity index is 0.00000288. The number of ether oxygens (including phenoxy) is 2. The Hall–Kier alpha value is -2.16. The van der Waals surface area contributed by atoms with E-state index in [1.807, 2.05) is 0 Å². The van der Waals surface area contributed by atoms with Gasteiger partial charge in [-0.1, -0.05) is 5.16 Å². The lowest BCUT2D eigenvalue weighted by atomic mass is 10.3. The third kappa shape index (κ3) is 6.95. The van der Waals surface area contributed by atoms with E-state index in [0.717, 1.165) is 0 Å². The molecule has 1 aromatic heterocycles. The van der Waals surface area contributed by atoms with Gasteiger partial charge in [0.25, 0.3) is 0 Å². The fourth-order valence-electron chi connectivity index (χ4n) is 1.76. The van der Waals surface area contributed by atoms with Crippen LogP contribution in [0.2, 0.25) is 0 Å². The number of hydrogen-bond acceptors (Lipinski definition) is 7. The summed E-state index contributed by atoms with van der Waals surface area (Å²) in [5.74, 6) is 1.53. The van der Waals surface area contributed by atoms with Crippen LogP contribution in [0.1, 0.15) is 11.7 Å². The highest BCUT2D eigenvalue weighted by molar-refractivity contribution is 5.92. The van der Waals surface area contributed by atoms with Crippen LogP contribution in [-0.2, 0) is 16.1 Å². The summed E-state index contributed by atoms with van der Waals surface area (Å²) in [6.45, 7) is 3.38. The van der Waals surface area contributed by atoms with Crippen LogP contribution in [0.3, 0.4) is 0 Å². The highest BCUT2D eigenvalue weighted by Crippen LogP contribution is 2.16. The number of hydrogen-bond donors (Lipinski definition) is 2. The summed E-state index contributed by atoms with van der Waals surface area (Å²) in [6.07, 6.45) is 0. The number of methoxy groups -OCH3 is 1. The second-order valence-electron chi connectivity index (χ2n) is 4.76. The minimum atomic E-state index is -0.114. The van der Waals surface area contributed by atoms with E-state index in [1.165, 1.54) is 0 Å². The van der Waals surface area contributed by atoms with Crippen molar-refractivity contribution in [3.8, 4) is 5.75 Å². The quantitative estimate of drug-likeness (QED) is 0.658. The van der Waals surface area contributed by atoms with Gasteiger partial charge in [-0.3, -0.25) is 4.79 Å². The Morgan fingerprint density at radius 1 is 1.29 bits per heavy atom. The first-order valence-corrected chi connectivity index (χ1v) is 7.19. The smallest absolute Gasteiger partial charge is 0.238 e. The van der Waals surface area contributed by atoms with E-state index in [9.17, 15) is 4.79 Å². The molecule has 1 aromatic carbocycles. The number of anilines is 1. The van der Waals surface area contributed by atoms with Crippen LogP contribution in [-0.4, -0.2) is 42.9 Å². The molecule has 0 unspecified atom stereocenters. The van der Waals surface area contributed by atoms with Crippen molar-refractivity contribution in [2.75, 3.05) is 32.1 Å². The van der Waals surface area contributed by atoms with Crippen molar-refractivity contribution in [3.05, 3.63) is 36.0 Å². The SMILES string of the molecule is COCCNCC(=O)Nc1ccc(OCc2noc(C)n2)cc1.Cl. The van der Waals surface area contributed by atoms with E-state index in [1.54, 1.807) is 38.3 Å². The molecule has 2 N–H and O–H groups in total. The normalized spacial score (nSPS) is 10.1. The average molecular weight is 357 g/mol. The van der Waals surface area contributed by atoms with Gasteiger partial charge >= 0.3 is 0 Å². The molecule has 0 bridgehead atoms. The predicted molar refractivity (Wildman–Crippen MR) is 90.4 cm³/mol. The minimum Gasteiger partial charge on any atom is -0.485 e. The van der Waals surface area contributed by atoms with Gasteiger partial charge in [-0.2, -0.15) is 4.98 Å². The molecule has 8 nitrogen and oxygen atoms in total. The number of nitrogens with one attached hydrogen (secondary N) is 2. The van der Waals surface area contributed by atoms with Gasteiger partial charge in [0.2, 0.25) is 17.6 Å². The highest BCUT2D eigenvalue weighted by atomic mass is 35.5. The van der Waals surface area contributed by atoms with E-state index in [-0.39, 0.29) is 31.5 Å². The van der Waals surface area contributed by atoms with Gasteiger partial charge in [-0.05, 0) is 24.3 Å². The van der Waals surface area contributed by atoms with Gasteiger partial charge in [-0.15, -0.1) is 12.4 Å². The van der Waals surface area contributed by atoms with Gasteiger partial charge in [0.15, 0.2) is 6.61 Å². The lowest BCUT2D eigenvalue weighted by molar-refractivity contribution is -0.115. The van der Waals surface area contributed by atoms with Crippen molar-refractivity contribution < 1.29 is 18.8 Å². The standard InChI is InChI=1S/C15H20N4O4.ClH/c1-11-17-14(19-23-11)10-22-13-5-3-12(4-6-13)18-15(20)9-16-7-8-21-2;/h3-6,16H,7-10H2,1-2H3,(H,18,20);1H. The van der Waals surface area contributed by atoms with Crippen LogP contribution in [0.15, 0.2) is 28.8 Å². The van der Waals surface area contributed by atoms with Crippen molar-refractivity contribution in [2.45, 2.75) is 13.5 Å². The van der Waals surface area contributed by atoms with Crippen molar-refractivity contribution in [2.24, 2.45) is 0 Å². The van der Waals surface area contributed by atoms with Crippen LogP contribution in [0.4, 0.5) is 5.69 Å². The zero-order valence-corrected chi connectivity index (χ0v) is 14.4. The van der Waals surface area contributed by atoms with Crippen LogP contribution in [0.25, 0.3) is 0 Å². The number of nitrogens with zero attached hydrogens (tertiary/aromatic N) is 2. The Bertz CT molecular complexity index is 618. The van der Waals surface area contributed by atoms with Gasteiger partial charge in [0, 0.05) is 26.3 Å². The summed E-state index contributed by atoms with van der Waals surface area (Å²) >= 11 is 0. The zero-order chi connectivity index (χ0) is 16.5. The average Bonchev–Trinajstić information content (AvgIpc) is 2.96. The first-order chi connectivity index (χ1) is 11.2. The Kier molecular flexibility index (Phi) is 8.77. The van der Waals surface area contributed by atoms with Crippen LogP contribution in [0.5, 0.6) is 5.75 Å². The van der Waals surface area contributed by atoms with E-state index in [2.05, 4.69) is 20.8 Å². The molecule has 0 aliphatic rings. The van der Waals surface area contributed by atoms with E-state index < -0.39 is 0 Å². The molecule has 0 aliphatic carbocycles. The van der Waals surface area contributed by atoms with E-state index >= 15 is 0 Å². The summed E-state index contributed by atoms with van der Waals surface area (Å²) in [5.41, 5.74) is 0.700. The molecule has 2 rings (SSSR count). The molecular formula is C15H21ClN4O4. The van der Waals surface area contributed by atoms with E-state index in [0.29, 0.717) is 36.3 Å². The van der Waals surface area contributed by atoms with Crippen molar-refractivity contribution in [1.82, 2.24) is 15.5 Å². The number of aromatic nitrogens is 2. The van der Waals surface area contributed by atoms with Crippen molar-refractivity contribution >= 4 is 24.0 Å². The number of rotatable bonds is 9. The largest absolute Gasteiger partial charge is 0.485 e. The molecule has 0 saturated heterocycles. The van der Waals surface area contributed by atoms with Crippen molar-refractivity contribution in [1.29, 1.82) is 0 Å². The van der Waals surface area contributed by atoms with Gasteiger partial charge in [-0.25, -0.2) is 0 Å². The Labute approximate surface area is 146 Å². The first-order valence-electron chi connectivity index (χ1n) is 7.19. The summed E-state index contributed by atoms with van der Waals surface area (Å²) in [6, 6.07) is 7.07. The fourth-order valence-corrected chi connectivity index (χ4v) is 1.76. The van der Waals surface area contributed by atoms with E-state index in [4.69, 9.17) is 14.0 Å². The maximum atomic E-state index is 11.7. The summed E-state index contributed by atoms with van der Waals surface area (Å²) in [5, 5.41) is 9.50. The third-order valence-electron chi connectivity index (χ3n) is 2.84. The highest BCUT2D eigenvalue weighted by Gasteiger charge is 2.04. The monoisotopic (exact) mass is 356 g/mol. The molecule has 9 heteroatoms. The Morgan fingerprint density at radius 2 is 2.04 bits per heavy atom. The molecule has 0 spiro atoms. The summed E-state index contributed by atoms with van der Waals surface area (Å²) in [7, 11) is 1.62. The molecule has 1 amide bonds. The minimum absolute atomic E-state index is 0. The molecule has 2 aromatic rings. The summed E-state index contributed by atoms with van der Waals surface area (Å²) < 4.78 is 15.3. The van der Waals surface area contributed by atoms with Crippen LogP contribution in [0, 0.1) is 6.92 Å². The Morgan fingerprint density at radius 3 is 2.67 bits per heavy atom. The maximum absolute atomic E-state index is 11.7. The summed E-state index contributed by atoms with van der Waals surface area (Å²) in [4.78, 5) is 15.7. The number of halogens is 1. The number of carbonyl (C=O) groups is 1. The number of carbonyl (C=O) groups excluding carboxylic acids is 1. The fraction of sp³-hybridized carbons (Fsp3) is 0.400. The van der Waals surface area contributed by atoms with Crippen LogP contribution < -0.4 is 15.4 Å². The molecule has 0 fully saturated rings. The lowest BCUT2D eigenvalue weighted by Gasteiger charge is -2.08. The first kappa shape index (κ1) is 19.9.